The molecule has 4 heteroatoms. The minimum Gasteiger partial charge on any atom is -0.461 e. The average molecular weight is 355 g/mol. The maximum atomic E-state index is 5.97. The van der Waals surface area contributed by atoms with E-state index in [1.807, 2.05) is 24.3 Å². The van der Waals surface area contributed by atoms with E-state index in [0.717, 1.165) is 61.9 Å². The fourth-order valence-electron chi connectivity index (χ4n) is 3.52. The Morgan fingerprint density at radius 1 is 0.920 bits per heavy atom. The lowest BCUT2D eigenvalue weighted by Crippen LogP contribution is -2.46. The highest BCUT2D eigenvalue weighted by molar-refractivity contribution is 6.30. The topological polar surface area (TPSA) is 19.6 Å². The second kappa shape index (κ2) is 7.51. The molecule has 0 N–H and O–H groups in total. The Balaban J connectivity index is 1.24. The summed E-state index contributed by atoms with van der Waals surface area (Å²) in [7, 11) is 0. The van der Waals surface area contributed by atoms with Crippen molar-refractivity contribution in [3.05, 3.63) is 65.4 Å². The molecule has 1 aromatic heterocycles. The minimum absolute atomic E-state index is 0.799. The second-order valence-corrected chi connectivity index (χ2v) is 7.10. The highest BCUT2D eigenvalue weighted by atomic mass is 35.5. The minimum atomic E-state index is 0.799. The van der Waals surface area contributed by atoms with Gasteiger partial charge in [0.25, 0.3) is 0 Å². The van der Waals surface area contributed by atoms with Gasteiger partial charge in [-0.25, -0.2) is 0 Å². The van der Waals surface area contributed by atoms with E-state index in [2.05, 4.69) is 40.1 Å². The van der Waals surface area contributed by atoms with Gasteiger partial charge < -0.3 is 9.32 Å². The summed E-state index contributed by atoms with van der Waals surface area (Å²) in [6.07, 6.45) is 2.15. The lowest BCUT2D eigenvalue weighted by molar-refractivity contribution is 0.253. The fraction of sp³-hybridized carbons (Fsp3) is 0.333. The van der Waals surface area contributed by atoms with Gasteiger partial charge >= 0.3 is 0 Å². The van der Waals surface area contributed by atoms with E-state index >= 15 is 0 Å². The zero-order valence-electron chi connectivity index (χ0n) is 14.3. The molecule has 0 bridgehead atoms. The van der Waals surface area contributed by atoms with E-state index < -0.39 is 0 Å². The Labute approximate surface area is 153 Å². The highest BCUT2D eigenvalue weighted by Crippen LogP contribution is 2.21. The van der Waals surface area contributed by atoms with Crippen molar-refractivity contribution >= 4 is 28.3 Å². The van der Waals surface area contributed by atoms with E-state index in [-0.39, 0.29) is 0 Å². The van der Waals surface area contributed by atoms with E-state index in [1.54, 1.807) is 0 Å². The van der Waals surface area contributed by atoms with Gasteiger partial charge in [0.2, 0.25) is 0 Å². The zero-order valence-corrected chi connectivity index (χ0v) is 15.1. The van der Waals surface area contributed by atoms with Gasteiger partial charge in [0.15, 0.2) is 0 Å². The van der Waals surface area contributed by atoms with Gasteiger partial charge in [-0.3, -0.25) is 4.90 Å². The van der Waals surface area contributed by atoms with Crippen molar-refractivity contribution < 1.29 is 4.42 Å². The summed E-state index contributed by atoms with van der Waals surface area (Å²) in [5, 5.41) is 2.00. The second-order valence-electron chi connectivity index (χ2n) is 6.66. The molecule has 0 spiro atoms. The SMILES string of the molecule is Clc1ccc(N2CCN(CCCc3cc4ccccc4o3)CC2)cc1. The molecule has 1 saturated heterocycles. The van der Waals surface area contributed by atoms with E-state index in [4.69, 9.17) is 16.0 Å². The summed E-state index contributed by atoms with van der Waals surface area (Å²) in [6.45, 7) is 5.51. The Hall–Kier alpha value is -1.97. The van der Waals surface area contributed by atoms with Crippen LogP contribution in [0.15, 0.2) is 59.0 Å². The number of hydrogen-bond acceptors (Lipinski definition) is 3. The van der Waals surface area contributed by atoms with Crippen LogP contribution < -0.4 is 4.90 Å². The highest BCUT2D eigenvalue weighted by Gasteiger charge is 2.17. The van der Waals surface area contributed by atoms with E-state index in [1.165, 1.54) is 11.1 Å². The lowest BCUT2D eigenvalue weighted by atomic mass is 10.2. The summed E-state index contributed by atoms with van der Waals surface area (Å²) >= 11 is 5.97. The summed E-state index contributed by atoms with van der Waals surface area (Å²) in [4.78, 5) is 4.99. The first-order valence-corrected chi connectivity index (χ1v) is 9.36. The van der Waals surface area contributed by atoms with Crippen LogP contribution in [0.5, 0.6) is 0 Å². The Kier molecular flexibility index (Phi) is 4.95. The molecular formula is C21H23ClN2O. The zero-order chi connectivity index (χ0) is 17.1. The van der Waals surface area contributed by atoms with Crippen molar-refractivity contribution in [1.29, 1.82) is 0 Å². The van der Waals surface area contributed by atoms with Crippen molar-refractivity contribution in [2.75, 3.05) is 37.6 Å². The standard InChI is InChI=1S/C21H23ClN2O/c22-18-7-9-19(10-8-18)24-14-12-23(13-15-24)11-3-5-20-16-17-4-1-2-6-21(17)25-20/h1-2,4,6-10,16H,3,5,11-15H2. The molecule has 3 nitrogen and oxygen atoms in total. The molecule has 2 heterocycles. The molecule has 1 fully saturated rings. The number of anilines is 1. The number of piperazine rings is 1. The number of fused-ring (bicyclic) bond motifs is 1. The monoisotopic (exact) mass is 354 g/mol. The summed E-state index contributed by atoms with van der Waals surface area (Å²) in [5.41, 5.74) is 2.26. The van der Waals surface area contributed by atoms with Gasteiger partial charge in [-0.05, 0) is 49.4 Å². The largest absolute Gasteiger partial charge is 0.461 e. The summed E-state index contributed by atoms with van der Waals surface area (Å²) < 4.78 is 5.90. The van der Waals surface area contributed by atoms with Gasteiger partial charge in [0.1, 0.15) is 11.3 Å². The number of benzene rings is 2. The Morgan fingerprint density at radius 3 is 2.44 bits per heavy atom. The van der Waals surface area contributed by atoms with Crippen LogP contribution in [0, 0.1) is 0 Å². The summed E-state index contributed by atoms with van der Waals surface area (Å²) in [6, 6.07) is 18.6. The summed E-state index contributed by atoms with van der Waals surface area (Å²) in [5.74, 6) is 1.10. The van der Waals surface area contributed by atoms with Crippen molar-refractivity contribution in [2.45, 2.75) is 12.8 Å². The van der Waals surface area contributed by atoms with Gasteiger partial charge in [-0.1, -0.05) is 29.8 Å². The molecule has 0 aliphatic carbocycles. The van der Waals surface area contributed by atoms with Gasteiger partial charge in [-0.2, -0.15) is 0 Å². The molecule has 130 valence electrons. The molecule has 2 aromatic carbocycles. The molecule has 1 aliphatic heterocycles. The molecule has 1 aliphatic rings. The molecular weight excluding hydrogens is 332 g/mol. The van der Waals surface area contributed by atoms with Gasteiger partial charge in [0, 0.05) is 48.7 Å². The third-order valence-corrected chi connectivity index (χ3v) is 5.19. The number of furan rings is 1. The van der Waals surface area contributed by atoms with E-state index in [9.17, 15) is 0 Å². The van der Waals surface area contributed by atoms with Crippen LogP contribution in [0.4, 0.5) is 5.69 Å². The first-order valence-electron chi connectivity index (χ1n) is 8.98. The Morgan fingerprint density at radius 2 is 1.68 bits per heavy atom. The first kappa shape index (κ1) is 16.5. The predicted octanol–water partition coefficient (Wildman–Crippen LogP) is 4.84. The number of nitrogens with zero attached hydrogens (tertiary/aromatic N) is 2. The van der Waals surface area contributed by atoms with E-state index in [0.29, 0.717) is 0 Å². The Bertz CT molecular complexity index is 786. The van der Waals surface area contributed by atoms with Gasteiger partial charge in [-0.15, -0.1) is 0 Å². The van der Waals surface area contributed by atoms with Crippen molar-refractivity contribution in [1.82, 2.24) is 4.90 Å². The van der Waals surface area contributed by atoms with Crippen LogP contribution in [0.25, 0.3) is 11.0 Å². The van der Waals surface area contributed by atoms with Gasteiger partial charge in [0.05, 0.1) is 0 Å². The van der Waals surface area contributed by atoms with Crippen LogP contribution >= 0.6 is 11.6 Å². The quantitative estimate of drug-likeness (QED) is 0.653. The van der Waals surface area contributed by atoms with Crippen LogP contribution in [-0.4, -0.2) is 37.6 Å². The fourth-order valence-corrected chi connectivity index (χ4v) is 3.64. The van der Waals surface area contributed by atoms with Crippen LogP contribution in [0.2, 0.25) is 5.02 Å². The molecule has 0 atom stereocenters. The predicted molar refractivity (Wildman–Crippen MR) is 105 cm³/mol. The molecule has 25 heavy (non-hydrogen) atoms. The molecule has 0 amide bonds. The third-order valence-electron chi connectivity index (χ3n) is 4.94. The number of rotatable bonds is 5. The maximum absolute atomic E-state index is 5.97. The molecule has 0 radical (unpaired) electrons. The number of hydrogen-bond donors (Lipinski definition) is 0. The maximum Gasteiger partial charge on any atom is 0.134 e. The third kappa shape index (κ3) is 4.00. The van der Waals surface area contributed by atoms with Crippen molar-refractivity contribution in [3.63, 3.8) is 0 Å². The first-order chi connectivity index (χ1) is 12.3. The number of aryl methyl sites for hydroxylation is 1. The molecule has 3 aromatic rings. The number of halogens is 1. The smallest absolute Gasteiger partial charge is 0.134 e. The molecule has 0 unspecified atom stereocenters. The molecule has 0 saturated carbocycles. The molecule has 4 rings (SSSR count). The van der Waals surface area contributed by atoms with Crippen LogP contribution in [0.1, 0.15) is 12.2 Å². The van der Waals surface area contributed by atoms with Crippen LogP contribution in [-0.2, 0) is 6.42 Å². The van der Waals surface area contributed by atoms with Crippen molar-refractivity contribution in [2.24, 2.45) is 0 Å². The van der Waals surface area contributed by atoms with Crippen LogP contribution in [0.3, 0.4) is 0 Å². The normalized spacial score (nSPS) is 15.8. The number of para-hydroxylation sites is 1. The van der Waals surface area contributed by atoms with Crippen molar-refractivity contribution in [3.8, 4) is 0 Å². The average Bonchev–Trinajstić information content (AvgIpc) is 3.06. The lowest BCUT2D eigenvalue weighted by Gasteiger charge is -2.36.